The van der Waals surface area contributed by atoms with Crippen molar-refractivity contribution >= 4 is 28.8 Å². The third-order valence-corrected chi connectivity index (χ3v) is 4.19. The van der Waals surface area contributed by atoms with Crippen LogP contribution >= 0.6 is 11.8 Å². The third-order valence-electron chi connectivity index (χ3n) is 2.99. The van der Waals surface area contributed by atoms with Gasteiger partial charge in [0.1, 0.15) is 5.82 Å². The Labute approximate surface area is 123 Å². The molecule has 0 saturated heterocycles. The van der Waals surface area contributed by atoms with Crippen LogP contribution in [0.3, 0.4) is 0 Å². The van der Waals surface area contributed by atoms with Crippen molar-refractivity contribution in [2.75, 3.05) is 0 Å². The first-order valence-corrected chi connectivity index (χ1v) is 6.86. The van der Waals surface area contributed by atoms with Crippen molar-refractivity contribution in [3.63, 3.8) is 0 Å². The van der Waals surface area contributed by atoms with E-state index < -0.39 is 11.8 Å². The quantitative estimate of drug-likeness (QED) is 0.805. The van der Waals surface area contributed by atoms with E-state index in [0.717, 1.165) is 11.8 Å². The van der Waals surface area contributed by atoms with Gasteiger partial charge in [-0.2, -0.15) is 5.10 Å². The Morgan fingerprint density at radius 2 is 2.10 bits per heavy atom. The molecule has 0 unspecified atom stereocenters. The zero-order valence-electron chi connectivity index (χ0n) is 10.9. The summed E-state index contributed by atoms with van der Waals surface area (Å²) in [5.41, 5.74) is 0.586. The molecule has 0 saturated carbocycles. The molecule has 0 aliphatic heterocycles. The molecule has 0 aliphatic rings. The van der Waals surface area contributed by atoms with E-state index in [1.165, 1.54) is 18.5 Å². The first-order chi connectivity index (χ1) is 10.1. The largest absolute Gasteiger partial charge is 0.478 e. The van der Waals surface area contributed by atoms with Crippen LogP contribution in [0, 0.1) is 5.82 Å². The molecule has 0 atom stereocenters. The van der Waals surface area contributed by atoms with Crippen LogP contribution in [-0.2, 0) is 7.05 Å². The Morgan fingerprint density at radius 1 is 1.33 bits per heavy atom. The highest BCUT2D eigenvalue weighted by Gasteiger charge is 2.19. The van der Waals surface area contributed by atoms with Crippen LogP contribution in [0.15, 0.2) is 46.5 Å². The normalized spacial score (nSPS) is 11.0. The van der Waals surface area contributed by atoms with Crippen LogP contribution in [0.2, 0.25) is 0 Å². The first kappa shape index (κ1) is 13.6. The van der Waals surface area contributed by atoms with Gasteiger partial charge >= 0.3 is 5.97 Å². The van der Waals surface area contributed by atoms with Crippen LogP contribution in [-0.4, -0.2) is 25.8 Å². The first-order valence-electron chi connectivity index (χ1n) is 6.04. The summed E-state index contributed by atoms with van der Waals surface area (Å²) in [6.45, 7) is 0. The highest BCUT2D eigenvalue weighted by Crippen LogP contribution is 2.36. The molecule has 0 amide bonds. The van der Waals surface area contributed by atoms with Crippen molar-refractivity contribution in [2.45, 2.75) is 9.79 Å². The summed E-state index contributed by atoms with van der Waals surface area (Å²) in [6.07, 6.45) is 2.81. The average Bonchev–Trinajstić information content (AvgIpc) is 2.83. The lowest BCUT2D eigenvalue weighted by molar-refractivity contribution is 0.0693. The molecule has 0 fully saturated rings. The van der Waals surface area contributed by atoms with Gasteiger partial charge in [0.2, 0.25) is 0 Å². The number of hydrogen-bond donors (Lipinski definition) is 1. The van der Waals surface area contributed by atoms with Gasteiger partial charge in [0.25, 0.3) is 0 Å². The maximum absolute atomic E-state index is 13.8. The van der Waals surface area contributed by atoms with Crippen LogP contribution in [0.5, 0.6) is 0 Å². The van der Waals surface area contributed by atoms with E-state index in [1.54, 1.807) is 29.9 Å². The summed E-state index contributed by atoms with van der Waals surface area (Å²) in [6, 6.07) is 6.23. The number of hydrogen-bond acceptors (Lipinski definition) is 4. The average molecular weight is 303 g/mol. The molecule has 0 spiro atoms. The number of aromatic nitrogens is 3. The number of halogens is 1. The van der Waals surface area contributed by atoms with Crippen LogP contribution in [0.25, 0.3) is 11.0 Å². The van der Waals surface area contributed by atoms with Gasteiger partial charge in [0.05, 0.1) is 17.1 Å². The van der Waals surface area contributed by atoms with Crippen molar-refractivity contribution < 1.29 is 14.3 Å². The molecule has 0 radical (unpaired) electrons. The van der Waals surface area contributed by atoms with Crippen molar-refractivity contribution in [2.24, 2.45) is 7.05 Å². The van der Waals surface area contributed by atoms with Crippen molar-refractivity contribution in [3.05, 3.63) is 48.0 Å². The van der Waals surface area contributed by atoms with Gasteiger partial charge in [-0.25, -0.2) is 14.2 Å². The summed E-state index contributed by atoms with van der Waals surface area (Å²) < 4.78 is 15.4. The number of rotatable bonds is 3. The zero-order chi connectivity index (χ0) is 15.0. The molecular formula is C14H10FN3O2S. The topological polar surface area (TPSA) is 68.0 Å². The molecule has 106 valence electrons. The number of pyridine rings is 1. The molecule has 1 aromatic carbocycles. The minimum Gasteiger partial charge on any atom is -0.478 e. The fourth-order valence-corrected chi connectivity index (χ4v) is 3.01. The minimum atomic E-state index is -1.10. The molecule has 3 aromatic rings. The van der Waals surface area contributed by atoms with Crippen molar-refractivity contribution in [1.82, 2.24) is 14.8 Å². The lowest BCUT2D eigenvalue weighted by Crippen LogP contribution is -2.02. The number of benzene rings is 1. The number of fused-ring (bicyclic) bond motifs is 1. The van der Waals surface area contributed by atoms with Gasteiger partial charge in [-0.05, 0) is 12.1 Å². The van der Waals surface area contributed by atoms with E-state index in [-0.39, 0.29) is 5.56 Å². The summed E-state index contributed by atoms with van der Waals surface area (Å²) in [5, 5.41) is 14.0. The van der Waals surface area contributed by atoms with Crippen molar-refractivity contribution in [1.29, 1.82) is 0 Å². The van der Waals surface area contributed by atoms with Crippen LogP contribution in [0.1, 0.15) is 10.4 Å². The third kappa shape index (κ3) is 2.36. The molecule has 0 aliphatic carbocycles. The Hall–Kier alpha value is -2.41. The SMILES string of the molecule is Cn1ncc2c(Sc3ccccc3F)c(C(=O)O)cnc21. The number of nitrogens with zero attached hydrogens (tertiary/aromatic N) is 3. The second-order valence-corrected chi connectivity index (χ2v) is 5.40. The molecule has 7 heteroatoms. The maximum Gasteiger partial charge on any atom is 0.338 e. The standard InChI is InChI=1S/C14H10FN3O2S/c1-18-13-8(7-17-18)12(9(6-16-13)14(19)20)21-11-5-3-2-4-10(11)15/h2-7H,1H3,(H,19,20). The number of carbonyl (C=O) groups is 1. The maximum atomic E-state index is 13.8. The lowest BCUT2D eigenvalue weighted by atomic mass is 10.2. The number of aryl methyl sites for hydroxylation is 1. The molecule has 0 bridgehead atoms. The molecule has 2 aromatic heterocycles. The van der Waals surface area contributed by atoms with Gasteiger partial charge < -0.3 is 5.11 Å². The summed E-state index contributed by atoms with van der Waals surface area (Å²) >= 11 is 1.06. The molecule has 21 heavy (non-hydrogen) atoms. The van der Waals surface area contributed by atoms with Gasteiger partial charge in [0, 0.05) is 23.0 Å². The van der Waals surface area contributed by atoms with Gasteiger partial charge in [-0.3, -0.25) is 4.68 Å². The predicted octanol–water partition coefficient (Wildman–Crippen LogP) is 2.96. The summed E-state index contributed by atoms with van der Waals surface area (Å²) in [7, 11) is 1.72. The molecule has 2 heterocycles. The second kappa shape index (κ2) is 5.17. The molecule has 1 N–H and O–H groups in total. The van der Waals surface area contributed by atoms with E-state index in [4.69, 9.17) is 0 Å². The molecular weight excluding hydrogens is 293 g/mol. The number of carboxylic acid groups (broad SMARTS) is 1. The fraction of sp³-hybridized carbons (Fsp3) is 0.0714. The second-order valence-electron chi connectivity index (χ2n) is 4.34. The van der Waals surface area contributed by atoms with E-state index in [2.05, 4.69) is 10.1 Å². The van der Waals surface area contributed by atoms with Gasteiger partial charge in [-0.15, -0.1) is 0 Å². The Morgan fingerprint density at radius 3 is 2.81 bits per heavy atom. The van der Waals surface area contributed by atoms with Crippen molar-refractivity contribution in [3.8, 4) is 0 Å². The minimum absolute atomic E-state index is 0.0313. The van der Waals surface area contributed by atoms with E-state index in [1.807, 2.05) is 0 Å². The molecule has 3 rings (SSSR count). The number of aromatic carboxylic acids is 1. The highest BCUT2D eigenvalue weighted by atomic mass is 32.2. The number of carboxylic acids is 1. The van der Waals surface area contributed by atoms with Crippen LogP contribution < -0.4 is 0 Å². The summed E-state index contributed by atoms with van der Waals surface area (Å²) in [5.74, 6) is -1.50. The molecule has 5 nitrogen and oxygen atoms in total. The Balaban J connectivity index is 2.21. The van der Waals surface area contributed by atoms with E-state index >= 15 is 0 Å². The monoisotopic (exact) mass is 303 g/mol. The lowest BCUT2D eigenvalue weighted by Gasteiger charge is -2.08. The van der Waals surface area contributed by atoms with Gasteiger partial charge in [-0.1, -0.05) is 23.9 Å². The predicted molar refractivity (Wildman–Crippen MR) is 76.0 cm³/mol. The van der Waals surface area contributed by atoms with Gasteiger partial charge in [0.15, 0.2) is 5.65 Å². The fourth-order valence-electron chi connectivity index (χ4n) is 1.97. The Kier molecular flexibility index (Phi) is 3.34. The van der Waals surface area contributed by atoms with E-state index in [0.29, 0.717) is 20.8 Å². The highest BCUT2D eigenvalue weighted by molar-refractivity contribution is 7.99. The van der Waals surface area contributed by atoms with Crippen LogP contribution in [0.4, 0.5) is 4.39 Å². The smallest absolute Gasteiger partial charge is 0.338 e. The summed E-state index contributed by atoms with van der Waals surface area (Å²) in [4.78, 5) is 16.3. The zero-order valence-corrected chi connectivity index (χ0v) is 11.8. The van der Waals surface area contributed by atoms with E-state index in [9.17, 15) is 14.3 Å². The Bertz CT molecular complexity index is 847.